The van der Waals surface area contributed by atoms with Crippen molar-refractivity contribution >= 4 is 5.78 Å². The Bertz CT molecular complexity index is 386. The number of carbonyl (C=O) groups excluding carboxylic acids is 1. The van der Waals surface area contributed by atoms with Gasteiger partial charge in [-0.25, -0.2) is 0 Å². The highest BCUT2D eigenvalue weighted by atomic mass is 16.5. The molecule has 18 heavy (non-hydrogen) atoms. The monoisotopic (exact) mass is 254 g/mol. The van der Waals surface area contributed by atoms with Crippen molar-refractivity contribution in [3.05, 3.63) is 11.7 Å². The van der Waals surface area contributed by atoms with Crippen LogP contribution in [0.1, 0.15) is 52.3 Å². The van der Waals surface area contributed by atoms with Crippen LogP contribution in [0.4, 0.5) is 0 Å². The molecule has 0 aliphatic rings. The van der Waals surface area contributed by atoms with E-state index in [0.717, 1.165) is 12.8 Å². The highest BCUT2D eigenvalue weighted by Gasteiger charge is 2.33. The zero-order valence-corrected chi connectivity index (χ0v) is 11.8. The predicted molar refractivity (Wildman–Crippen MR) is 67.1 cm³/mol. The topological polar surface area (TPSA) is 65.2 Å². The van der Waals surface area contributed by atoms with E-state index in [1.807, 2.05) is 27.7 Å². The van der Waals surface area contributed by atoms with Gasteiger partial charge in [0.1, 0.15) is 11.4 Å². The molecular weight excluding hydrogens is 232 g/mol. The third-order valence-electron chi connectivity index (χ3n) is 3.38. The molecule has 0 fully saturated rings. The molecule has 1 aromatic rings. The van der Waals surface area contributed by atoms with E-state index in [4.69, 9.17) is 9.26 Å². The maximum Gasteiger partial charge on any atom is 0.234 e. The van der Waals surface area contributed by atoms with Gasteiger partial charge in [0, 0.05) is 13.0 Å². The molecule has 0 aromatic carbocycles. The van der Waals surface area contributed by atoms with Gasteiger partial charge in [0.15, 0.2) is 0 Å². The number of hydrogen-bond donors (Lipinski definition) is 0. The lowest BCUT2D eigenvalue weighted by atomic mass is 9.96. The van der Waals surface area contributed by atoms with E-state index in [1.165, 1.54) is 0 Å². The van der Waals surface area contributed by atoms with Gasteiger partial charge in [0.2, 0.25) is 11.7 Å². The van der Waals surface area contributed by atoms with Crippen molar-refractivity contribution < 1.29 is 14.1 Å². The number of nitrogens with zero attached hydrogens (tertiary/aromatic N) is 2. The Hall–Kier alpha value is -1.23. The molecule has 0 aliphatic carbocycles. The molecule has 0 saturated heterocycles. The van der Waals surface area contributed by atoms with Crippen molar-refractivity contribution in [1.82, 2.24) is 10.1 Å². The van der Waals surface area contributed by atoms with Crippen LogP contribution in [0.15, 0.2) is 4.52 Å². The van der Waals surface area contributed by atoms with Gasteiger partial charge in [-0.1, -0.05) is 32.9 Å². The van der Waals surface area contributed by atoms with Crippen LogP contribution >= 0.6 is 0 Å². The van der Waals surface area contributed by atoms with Gasteiger partial charge >= 0.3 is 0 Å². The molecule has 1 rings (SSSR count). The van der Waals surface area contributed by atoms with E-state index in [0.29, 0.717) is 11.7 Å². The van der Waals surface area contributed by atoms with E-state index >= 15 is 0 Å². The maximum atomic E-state index is 11.6. The smallest absolute Gasteiger partial charge is 0.234 e. The molecular formula is C13H22N2O3. The number of aromatic nitrogens is 2. The lowest BCUT2D eigenvalue weighted by Gasteiger charge is -2.25. The molecule has 0 amide bonds. The van der Waals surface area contributed by atoms with E-state index in [1.54, 1.807) is 7.11 Å². The van der Waals surface area contributed by atoms with Crippen LogP contribution in [0.3, 0.4) is 0 Å². The molecule has 0 atom stereocenters. The summed E-state index contributed by atoms with van der Waals surface area (Å²) in [6, 6.07) is 0. The average Bonchev–Trinajstić information content (AvgIpc) is 2.81. The number of ether oxygens (including phenoxy) is 1. The second kappa shape index (κ2) is 6.09. The number of Topliss-reactive ketones (excluding diaryl/α,β-unsaturated/α-hetero) is 1. The molecule has 1 aromatic heterocycles. The van der Waals surface area contributed by atoms with Gasteiger partial charge in [-0.3, -0.25) is 4.79 Å². The summed E-state index contributed by atoms with van der Waals surface area (Å²) in [6.07, 6.45) is 1.71. The molecule has 0 bridgehead atoms. The number of ketones is 1. The summed E-state index contributed by atoms with van der Waals surface area (Å²) in [7, 11) is 1.64. The minimum atomic E-state index is -0.511. The third kappa shape index (κ3) is 2.96. The van der Waals surface area contributed by atoms with Gasteiger partial charge in [-0.2, -0.15) is 4.98 Å². The van der Waals surface area contributed by atoms with E-state index in [-0.39, 0.29) is 18.1 Å². The van der Waals surface area contributed by atoms with Crippen molar-refractivity contribution in [2.45, 2.75) is 52.6 Å². The Morgan fingerprint density at radius 3 is 2.44 bits per heavy atom. The number of hydrogen-bond acceptors (Lipinski definition) is 5. The van der Waals surface area contributed by atoms with Crippen molar-refractivity contribution in [1.29, 1.82) is 0 Å². The Morgan fingerprint density at radius 1 is 1.39 bits per heavy atom. The summed E-state index contributed by atoms with van der Waals surface area (Å²) in [5.41, 5.74) is -0.511. The third-order valence-corrected chi connectivity index (χ3v) is 3.38. The van der Waals surface area contributed by atoms with E-state index in [2.05, 4.69) is 10.1 Å². The fraction of sp³-hybridized carbons (Fsp3) is 0.769. The second-order valence-electron chi connectivity index (χ2n) is 4.72. The van der Waals surface area contributed by atoms with Crippen LogP contribution in [0.5, 0.6) is 0 Å². The van der Waals surface area contributed by atoms with Gasteiger partial charge in [-0.15, -0.1) is 0 Å². The Balaban J connectivity index is 2.88. The lowest BCUT2D eigenvalue weighted by Crippen LogP contribution is -2.28. The molecule has 0 N–H and O–H groups in total. The molecule has 102 valence electrons. The van der Waals surface area contributed by atoms with Crippen LogP contribution in [0, 0.1) is 5.92 Å². The zero-order chi connectivity index (χ0) is 13.8. The van der Waals surface area contributed by atoms with Crippen LogP contribution in [0.2, 0.25) is 0 Å². The summed E-state index contributed by atoms with van der Waals surface area (Å²) in [5, 5.41) is 3.95. The molecule has 1 heterocycles. The molecule has 5 nitrogen and oxygen atoms in total. The second-order valence-corrected chi connectivity index (χ2v) is 4.72. The summed E-state index contributed by atoms with van der Waals surface area (Å²) >= 11 is 0. The minimum absolute atomic E-state index is 0.0233. The van der Waals surface area contributed by atoms with Crippen LogP contribution in [-0.4, -0.2) is 23.0 Å². The first-order valence-corrected chi connectivity index (χ1v) is 6.40. The van der Waals surface area contributed by atoms with Crippen LogP contribution < -0.4 is 0 Å². The van der Waals surface area contributed by atoms with Gasteiger partial charge in [0.25, 0.3) is 0 Å². The summed E-state index contributed by atoms with van der Waals surface area (Å²) in [4.78, 5) is 15.9. The van der Waals surface area contributed by atoms with Crippen molar-refractivity contribution in [2.75, 3.05) is 7.11 Å². The number of methoxy groups -OCH3 is 1. The van der Waals surface area contributed by atoms with Crippen molar-refractivity contribution in [3.8, 4) is 0 Å². The fourth-order valence-electron chi connectivity index (χ4n) is 1.81. The first-order valence-electron chi connectivity index (χ1n) is 6.40. The van der Waals surface area contributed by atoms with Crippen molar-refractivity contribution in [2.24, 2.45) is 5.92 Å². The fourth-order valence-corrected chi connectivity index (χ4v) is 1.81. The minimum Gasteiger partial charge on any atom is -0.370 e. The largest absolute Gasteiger partial charge is 0.370 e. The molecule has 0 unspecified atom stereocenters. The Labute approximate surface area is 108 Å². The normalized spacial score (nSPS) is 12.1. The van der Waals surface area contributed by atoms with Gasteiger partial charge < -0.3 is 9.26 Å². The summed E-state index contributed by atoms with van der Waals surface area (Å²) in [6.45, 7) is 7.75. The summed E-state index contributed by atoms with van der Waals surface area (Å²) < 4.78 is 10.7. The molecule has 0 saturated carbocycles. The van der Waals surface area contributed by atoms with Gasteiger partial charge in [0.05, 0.1) is 6.42 Å². The first kappa shape index (κ1) is 14.8. The molecule has 0 radical (unpaired) electrons. The molecule has 0 aliphatic heterocycles. The number of rotatable bonds is 7. The Kier molecular flexibility index (Phi) is 5.02. The first-order chi connectivity index (χ1) is 8.49. The highest BCUT2D eigenvalue weighted by molar-refractivity contribution is 5.81. The van der Waals surface area contributed by atoms with Gasteiger partial charge in [-0.05, 0) is 12.8 Å². The van der Waals surface area contributed by atoms with Crippen LogP contribution in [-0.2, 0) is 21.6 Å². The quantitative estimate of drug-likeness (QED) is 0.748. The summed E-state index contributed by atoms with van der Waals surface area (Å²) in [5.74, 6) is 0.972. The zero-order valence-electron chi connectivity index (χ0n) is 11.8. The van der Waals surface area contributed by atoms with E-state index in [9.17, 15) is 4.79 Å². The Morgan fingerprint density at radius 2 is 2.00 bits per heavy atom. The molecule has 0 spiro atoms. The standard InChI is InChI=1S/C13H22N2O3/c1-6-13(7-2,17-5)12-14-11(18-15-12)8-10(16)9(3)4/h9H,6-8H2,1-5H3. The van der Waals surface area contributed by atoms with Crippen molar-refractivity contribution in [3.63, 3.8) is 0 Å². The number of carbonyl (C=O) groups is 1. The average molecular weight is 254 g/mol. The maximum absolute atomic E-state index is 11.6. The highest BCUT2D eigenvalue weighted by Crippen LogP contribution is 2.30. The van der Waals surface area contributed by atoms with Crippen LogP contribution in [0.25, 0.3) is 0 Å². The lowest BCUT2D eigenvalue weighted by molar-refractivity contribution is -0.121. The predicted octanol–water partition coefficient (Wildman–Crippen LogP) is 2.50. The van der Waals surface area contributed by atoms with E-state index < -0.39 is 5.60 Å². The molecule has 5 heteroatoms. The SMILES string of the molecule is CCC(CC)(OC)c1noc(CC(=O)C(C)C)n1.